The minimum absolute atomic E-state index is 0.0173. The Balaban J connectivity index is 0.000000479. The lowest BCUT2D eigenvalue weighted by Crippen LogP contribution is -2.27. The van der Waals surface area contributed by atoms with Gasteiger partial charge in [0.1, 0.15) is 15.6 Å². The van der Waals surface area contributed by atoms with Gasteiger partial charge in [0.2, 0.25) is 0 Å². The summed E-state index contributed by atoms with van der Waals surface area (Å²) in [6.45, 7) is 1.48. The first-order valence-corrected chi connectivity index (χ1v) is 12.1. The van der Waals surface area contributed by atoms with Crippen molar-refractivity contribution < 1.29 is 41.4 Å². The third-order valence-electron chi connectivity index (χ3n) is 4.31. The minimum Gasteiger partial charge on any atom is -0.478 e. The van der Waals surface area contributed by atoms with Crippen molar-refractivity contribution in [2.45, 2.75) is 36.1 Å². The number of aliphatic carboxylic acids is 1. The van der Waals surface area contributed by atoms with Crippen LogP contribution < -0.4 is 9.62 Å². The van der Waals surface area contributed by atoms with Crippen molar-refractivity contribution in [1.82, 2.24) is 4.98 Å². The molecule has 2 aromatic rings. The van der Waals surface area contributed by atoms with Gasteiger partial charge in [-0.25, -0.2) is 23.0 Å². The molecule has 1 aliphatic heterocycles. The number of nitrogens with zero attached hydrogens (tertiary/aromatic N) is 2. The zero-order valence-electron chi connectivity index (χ0n) is 16.8. The van der Waals surface area contributed by atoms with Crippen molar-refractivity contribution in [1.29, 1.82) is 0 Å². The zero-order valence-corrected chi connectivity index (χ0v) is 19.2. The van der Waals surface area contributed by atoms with Crippen LogP contribution in [0.15, 0.2) is 28.6 Å². The Kier molecular flexibility index (Phi) is 8.91. The number of aromatic nitrogens is 1. The van der Waals surface area contributed by atoms with E-state index in [1.54, 1.807) is 0 Å². The molecule has 0 bridgehead atoms. The number of pyridine rings is 1. The Morgan fingerprint density at radius 3 is 2.15 bits per heavy atom. The van der Waals surface area contributed by atoms with Crippen molar-refractivity contribution >= 4 is 56.4 Å². The molecule has 182 valence electrons. The largest absolute Gasteiger partial charge is 0.490 e. The number of aromatic carboxylic acids is 1. The Labute approximate surface area is 195 Å². The molecule has 15 heteroatoms. The van der Waals surface area contributed by atoms with Crippen molar-refractivity contribution in [3.05, 3.63) is 34.3 Å². The van der Waals surface area contributed by atoms with Gasteiger partial charge in [-0.2, -0.15) is 13.2 Å². The topological polar surface area (TPSA) is 137 Å². The van der Waals surface area contributed by atoms with Crippen LogP contribution in [0.2, 0.25) is 4.34 Å². The lowest BCUT2D eigenvalue weighted by molar-refractivity contribution is -0.192. The molecule has 2 aromatic heterocycles. The fourth-order valence-corrected chi connectivity index (χ4v) is 5.37. The summed E-state index contributed by atoms with van der Waals surface area (Å²) in [5.41, 5.74) is 0.0850. The highest BCUT2D eigenvalue weighted by atomic mass is 35.5. The summed E-state index contributed by atoms with van der Waals surface area (Å²) in [5.74, 6) is -3.52. The van der Waals surface area contributed by atoms with E-state index in [4.69, 9.17) is 21.5 Å². The summed E-state index contributed by atoms with van der Waals surface area (Å²) in [5, 5.41) is 16.7. The van der Waals surface area contributed by atoms with Gasteiger partial charge in [-0.1, -0.05) is 24.4 Å². The molecule has 0 spiro atoms. The highest BCUT2D eigenvalue weighted by molar-refractivity contribution is 7.94. The van der Waals surface area contributed by atoms with Gasteiger partial charge in [-0.05, 0) is 31.0 Å². The molecule has 9 nitrogen and oxygen atoms in total. The van der Waals surface area contributed by atoms with Gasteiger partial charge >= 0.3 is 18.1 Å². The number of sulfonamides is 1. The molecule has 0 aromatic carbocycles. The predicted molar refractivity (Wildman–Crippen MR) is 116 cm³/mol. The van der Waals surface area contributed by atoms with Gasteiger partial charge in [0, 0.05) is 13.1 Å². The predicted octanol–water partition coefficient (Wildman–Crippen LogP) is 4.31. The number of alkyl halides is 3. The van der Waals surface area contributed by atoms with Crippen LogP contribution in [-0.4, -0.2) is 54.8 Å². The van der Waals surface area contributed by atoms with E-state index in [-0.39, 0.29) is 15.5 Å². The Bertz CT molecular complexity index is 1100. The molecule has 3 rings (SSSR count). The van der Waals surface area contributed by atoms with Crippen LogP contribution >= 0.6 is 22.9 Å². The Hall–Kier alpha value is -2.58. The molecule has 1 aliphatic rings. The van der Waals surface area contributed by atoms with Crippen LogP contribution in [0.1, 0.15) is 36.0 Å². The molecular formula is C18H19ClF3N3O6S2. The summed E-state index contributed by atoms with van der Waals surface area (Å²) in [4.78, 5) is 26.8. The number of halogens is 4. The van der Waals surface area contributed by atoms with Crippen LogP contribution in [0.25, 0.3) is 0 Å². The number of hydrogen-bond donors (Lipinski definition) is 3. The molecule has 0 saturated carbocycles. The number of anilines is 2. The fourth-order valence-electron chi connectivity index (χ4n) is 2.85. The highest BCUT2D eigenvalue weighted by Crippen LogP contribution is 2.29. The molecule has 33 heavy (non-hydrogen) atoms. The second-order valence-corrected chi connectivity index (χ2v) is 10.4. The van der Waals surface area contributed by atoms with E-state index in [2.05, 4.69) is 9.71 Å². The van der Waals surface area contributed by atoms with Crippen LogP contribution in [0.5, 0.6) is 0 Å². The molecule has 0 radical (unpaired) electrons. The minimum atomic E-state index is -5.08. The normalized spacial score (nSPS) is 14.6. The lowest BCUT2D eigenvalue weighted by atomic mass is 10.2. The SMILES string of the molecule is O=C(O)C(F)(F)F.O=C(O)c1cc(NS(=O)(=O)c2ccc(Cl)s2)cnc1N1CCCCCC1. The average molecular weight is 530 g/mol. The van der Waals surface area contributed by atoms with Gasteiger partial charge in [0.05, 0.1) is 16.2 Å². The van der Waals surface area contributed by atoms with Gasteiger partial charge in [-0.3, -0.25) is 4.72 Å². The van der Waals surface area contributed by atoms with E-state index in [1.165, 1.54) is 24.4 Å². The Morgan fingerprint density at radius 2 is 1.70 bits per heavy atom. The molecule has 3 N–H and O–H groups in total. The third-order valence-corrected chi connectivity index (χ3v) is 7.42. The van der Waals surface area contributed by atoms with Gasteiger partial charge in [0.25, 0.3) is 10.0 Å². The lowest BCUT2D eigenvalue weighted by Gasteiger charge is -2.23. The molecule has 1 saturated heterocycles. The quantitative estimate of drug-likeness (QED) is 0.521. The molecule has 0 unspecified atom stereocenters. The molecular weight excluding hydrogens is 511 g/mol. The third kappa shape index (κ3) is 7.75. The van der Waals surface area contributed by atoms with Crippen LogP contribution in [-0.2, 0) is 14.8 Å². The summed E-state index contributed by atoms with van der Waals surface area (Å²) in [6, 6.07) is 4.19. The Morgan fingerprint density at radius 1 is 1.12 bits per heavy atom. The standard InChI is InChI=1S/C16H18ClN3O4S2.C2HF3O2/c17-13-5-6-14(25-13)26(23,24)19-11-9-12(16(21)22)15(18-10-11)20-7-3-1-2-4-8-20;3-2(4,5)1(6)7/h5-6,9-10,19H,1-4,7-8H2,(H,21,22);(H,6,7). The number of nitrogens with one attached hydrogen (secondary N) is 1. The number of carboxylic acids is 2. The molecule has 3 heterocycles. The number of hydrogen-bond acceptors (Lipinski definition) is 7. The maximum atomic E-state index is 12.4. The molecule has 1 fully saturated rings. The van der Waals surface area contributed by atoms with Crippen LogP contribution in [0.4, 0.5) is 24.7 Å². The first-order chi connectivity index (χ1) is 15.3. The van der Waals surface area contributed by atoms with E-state index in [1.807, 2.05) is 4.90 Å². The molecule has 0 atom stereocenters. The summed E-state index contributed by atoms with van der Waals surface area (Å²) in [6.07, 6.45) is 0.447. The van der Waals surface area contributed by atoms with Gasteiger partial charge in [0.15, 0.2) is 0 Å². The van der Waals surface area contributed by atoms with Crippen LogP contribution in [0.3, 0.4) is 0 Å². The zero-order chi connectivity index (χ0) is 24.8. The monoisotopic (exact) mass is 529 g/mol. The number of carbonyl (C=O) groups is 2. The smallest absolute Gasteiger partial charge is 0.478 e. The first-order valence-electron chi connectivity index (χ1n) is 9.38. The number of thiophene rings is 1. The van der Waals surface area contributed by atoms with Gasteiger partial charge < -0.3 is 15.1 Å². The van der Waals surface area contributed by atoms with Crippen LogP contribution in [0, 0.1) is 0 Å². The van der Waals surface area contributed by atoms with Crippen molar-refractivity contribution in [2.24, 2.45) is 0 Å². The van der Waals surface area contributed by atoms with E-state index in [0.717, 1.165) is 50.1 Å². The summed E-state index contributed by atoms with van der Waals surface area (Å²) >= 11 is 6.71. The van der Waals surface area contributed by atoms with E-state index in [0.29, 0.717) is 10.2 Å². The summed E-state index contributed by atoms with van der Waals surface area (Å²) in [7, 11) is -3.84. The van der Waals surface area contributed by atoms with Crippen molar-refractivity contribution in [2.75, 3.05) is 22.7 Å². The maximum absolute atomic E-state index is 12.4. The number of carboxylic acid groups (broad SMARTS) is 2. The highest BCUT2D eigenvalue weighted by Gasteiger charge is 2.38. The molecule has 0 amide bonds. The summed E-state index contributed by atoms with van der Waals surface area (Å²) < 4.78 is 59.3. The van der Waals surface area contributed by atoms with E-state index < -0.39 is 28.1 Å². The average Bonchev–Trinajstić information content (AvgIpc) is 2.99. The maximum Gasteiger partial charge on any atom is 0.490 e. The second-order valence-electron chi connectivity index (χ2n) is 6.77. The van der Waals surface area contributed by atoms with E-state index >= 15 is 0 Å². The fraction of sp³-hybridized carbons (Fsp3) is 0.389. The first kappa shape index (κ1) is 26.7. The van der Waals surface area contributed by atoms with Crippen molar-refractivity contribution in [3.8, 4) is 0 Å². The number of rotatable bonds is 5. The second kappa shape index (κ2) is 11.0. The van der Waals surface area contributed by atoms with Gasteiger partial charge in [-0.15, -0.1) is 11.3 Å². The molecule has 0 aliphatic carbocycles. The van der Waals surface area contributed by atoms with E-state index in [9.17, 15) is 31.5 Å². The van der Waals surface area contributed by atoms with Crippen molar-refractivity contribution in [3.63, 3.8) is 0 Å².